The summed E-state index contributed by atoms with van der Waals surface area (Å²) in [5.74, 6) is 1.83. The highest BCUT2D eigenvalue weighted by atomic mass is 32.2. The highest BCUT2D eigenvalue weighted by Crippen LogP contribution is 2.27. The fraction of sp³-hybridized carbons (Fsp3) is 0.316. The van der Waals surface area contributed by atoms with E-state index in [9.17, 15) is 9.18 Å². The van der Waals surface area contributed by atoms with E-state index in [1.807, 2.05) is 12.1 Å². The molecule has 7 heteroatoms. The smallest absolute Gasteiger partial charge is 0.230 e. The zero-order valence-corrected chi connectivity index (χ0v) is 15.8. The molecule has 0 aliphatic rings. The monoisotopic (exact) mass is 379 g/mol. The Morgan fingerprint density at radius 1 is 0.962 bits per heavy atom. The molecule has 1 N–H and O–H groups in total. The molecule has 2 rings (SSSR count). The van der Waals surface area contributed by atoms with Crippen molar-refractivity contribution in [2.45, 2.75) is 12.3 Å². The van der Waals surface area contributed by atoms with Crippen molar-refractivity contribution in [2.24, 2.45) is 0 Å². The number of hydrogen-bond acceptors (Lipinski definition) is 5. The van der Waals surface area contributed by atoms with Crippen LogP contribution in [0, 0.1) is 5.82 Å². The Morgan fingerprint density at radius 3 is 2.27 bits per heavy atom. The van der Waals surface area contributed by atoms with Crippen LogP contribution in [0.3, 0.4) is 0 Å². The Hall–Kier alpha value is -2.41. The third-order valence-electron chi connectivity index (χ3n) is 3.66. The number of nitrogens with one attached hydrogen (secondary N) is 1. The molecule has 1 amide bonds. The SMILES string of the molecule is COc1ccc(CSCC(=O)NCc2ccc(OC)c(OC)c2)cc1F. The van der Waals surface area contributed by atoms with Crippen LogP contribution >= 0.6 is 11.8 Å². The van der Waals surface area contributed by atoms with Gasteiger partial charge in [-0.05, 0) is 35.4 Å². The van der Waals surface area contributed by atoms with Crippen LogP contribution in [-0.4, -0.2) is 33.0 Å². The molecular formula is C19H22FNO4S. The molecule has 0 aromatic heterocycles. The molecule has 0 bridgehead atoms. The number of amides is 1. The number of hydrogen-bond donors (Lipinski definition) is 1. The Bertz CT molecular complexity index is 754. The lowest BCUT2D eigenvalue weighted by molar-refractivity contribution is -0.118. The van der Waals surface area contributed by atoms with E-state index in [0.717, 1.165) is 11.1 Å². The molecule has 2 aromatic rings. The lowest BCUT2D eigenvalue weighted by atomic mass is 10.2. The minimum atomic E-state index is -0.400. The summed E-state index contributed by atoms with van der Waals surface area (Å²) in [5, 5.41) is 2.85. The van der Waals surface area contributed by atoms with Gasteiger partial charge in [-0.1, -0.05) is 12.1 Å². The minimum Gasteiger partial charge on any atom is -0.494 e. The summed E-state index contributed by atoms with van der Waals surface area (Å²) in [6, 6.07) is 10.3. The van der Waals surface area contributed by atoms with Gasteiger partial charge in [-0.15, -0.1) is 11.8 Å². The maximum atomic E-state index is 13.6. The Balaban J connectivity index is 1.78. The average molecular weight is 379 g/mol. The zero-order chi connectivity index (χ0) is 18.9. The molecule has 0 saturated heterocycles. The van der Waals surface area contributed by atoms with Gasteiger partial charge in [0.25, 0.3) is 0 Å². The van der Waals surface area contributed by atoms with Gasteiger partial charge >= 0.3 is 0 Å². The quantitative estimate of drug-likeness (QED) is 0.724. The fourth-order valence-corrected chi connectivity index (χ4v) is 3.11. The van der Waals surface area contributed by atoms with E-state index in [1.165, 1.54) is 24.9 Å². The summed E-state index contributed by atoms with van der Waals surface area (Å²) in [7, 11) is 4.57. The van der Waals surface area contributed by atoms with E-state index in [4.69, 9.17) is 14.2 Å². The van der Waals surface area contributed by atoms with Gasteiger partial charge in [0.1, 0.15) is 0 Å². The van der Waals surface area contributed by atoms with Crippen LogP contribution in [0.1, 0.15) is 11.1 Å². The molecule has 0 aliphatic heterocycles. The number of benzene rings is 2. The summed E-state index contributed by atoms with van der Waals surface area (Å²) in [5.41, 5.74) is 1.72. The van der Waals surface area contributed by atoms with E-state index >= 15 is 0 Å². The second-order valence-electron chi connectivity index (χ2n) is 5.43. The highest BCUT2D eigenvalue weighted by Gasteiger charge is 2.08. The zero-order valence-electron chi connectivity index (χ0n) is 15.0. The molecule has 26 heavy (non-hydrogen) atoms. The minimum absolute atomic E-state index is 0.0845. The largest absolute Gasteiger partial charge is 0.494 e. The molecule has 0 aliphatic carbocycles. The van der Waals surface area contributed by atoms with Gasteiger partial charge in [0, 0.05) is 12.3 Å². The number of ether oxygens (including phenoxy) is 3. The Morgan fingerprint density at radius 2 is 1.62 bits per heavy atom. The van der Waals surface area contributed by atoms with Crippen LogP contribution in [0.2, 0.25) is 0 Å². The summed E-state index contributed by atoms with van der Waals surface area (Å²) >= 11 is 1.42. The van der Waals surface area contributed by atoms with Gasteiger partial charge in [0.2, 0.25) is 5.91 Å². The number of carbonyl (C=O) groups is 1. The van der Waals surface area contributed by atoms with E-state index in [2.05, 4.69) is 5.32 Å². The molecule has 0 fully saturated rings. The molecular weight excluding hydrogens is 357 g/mol. The van der Waals surface area contributed by atoms with Gasteiger partial charge in [0.05, 0.1) is 27.1 Å². The van der Waals surface area contributed by atoms with Crippen molar-refractivity contribution in [1.29, 1.82) is 0 Å². The molecule has 0 heterocycles. The maximum absolute atomic E-state index is 13.6. The number of methoxy groups -OCH3 is 3. The average Bonchev–Trinajstić information content (AvgIpc) is 2.66. The molecule has 0 atom stereocenters. The second kappa shape index (κ2) is 9.91. The van der Waals surface area contributed by atoms with Gasteiger partial charge in [-0.2, -0.15) is 0 Å². The first-order valence-electron chi connectivity index (χ1n) is 7.95. The fourth-order valence-electron chi connectivity index (χ4n) is 2.30. The van der Waals surface area contributed by atoms with Gasteiger partial charge in [-0.25, -0.2) is 4.39 Å². The third kappa shape index (κ3) is 5.56. The molecule has 0 unspecified atom stereocenters. The lowest BCUT2D eigenvalue weighted by Gasteiger charge is -2.10. The molecule has 5 nitrogen and oxygen atoms in total. The van der Waals surface area contributed by atoms with E-state index < -0.39 is 5.82 Å². The number of carbonyl (C=O) groups excluding carboxylic acids is 1. The van der Waals surface area contributed by atoms with Crippen molar-refractivity contribution < 1.29 is 23.4 Å². The topological polar surface area (TPSA) is 56.8 Å². The number of rotatable bonds is 9. The first-order chi connectivity index (χ1) is 12.6. The third-order valence-corrected chi connectivity index (χ3v) is 4.66. The standard InChI is InChI=1S/C19H22FNO4S/c1-23-16-6-5-14(8-15(16)20)11-26-12-19(22)21-10-13-4-7-17(24-2)18(9-13)25-3/h4-9H,10-12H2,1-3H3,(H,21,22). The summed E-state index contributed by atoms with van der Waals surface area (Å²) in [6.07, 6.45) is 0. The summed E-state index contributed by atoms with van der Waals surface area (Å²) < 4.78 is 28.9. The van der Waals surface area contributed by atoms with Crippen molar-refractivity contribution in [3.05, 3.63) is 53.3 Å². The van der Waals surface area contributed by atoms with Gasteiger partial charge < -0.3 is 19.5 Å². The van der Waals surface area contributed by atoms with Crippen molar-refractivity contribution in [3.63, 3.8) is 0 Å². The first-order valence-corrected chi connectivity index (χ1v) is 9.10. The van der Waals surface area contributed by atoms with E-state index in [1.54, 1.807) is 32.4 Å². The van der Waals surface area contributed by atoms with Crippen LogP contribution in [0.5, 0.6) is 17.2 Å². The molecule has 140 valence electrons. The van der Waals surface area contributed by atoms with Crippen molar-refractivity contribution in [1.82, 2.24) is 5.32 Å². The molecule has 0 spiro atoms. The van der Waals surface area contributed by atoms with Crippen molar-refractivity contribution in [3.8, 4) is 17.2 Å². The Kier molecular flexibility index (Phi) is 7.59. The first kappa shape index (κ1) is 19.9. The molecule has 0 saturated carbocycles. The van der Waals surface area contributed by atoms with Gasteiger partial charge in [0.15, 0.2) is 23.1 Å². The number of thioether (sulfide) groups is 1. The predicted molar refractivity (Wildman–Crippen MR) is 101 cm³/mol. The van der Waals surface area contributed by atoms with Gasteiger partial charge in [-0.3, -0.25) is 4.79 Å². The van der Waals surface area contributed by atoms with Crippen molar-refractivity contribution in [2.75, 3.05) is 27.1 Å². The Labute approximate surface area is 156 Å². The van der Waals surface area contributed by atoms with Crippen LogP contribution in [-0.2, 0) is 17.1 Å². The van der Waals surface area contributed by atoms with Crippen LogP contribution < -0.4 is 19.5 Å². The number of halogens is 1. The van der Waals surface area contributed by atoms with E-state index in [-0.39, 0.29) is 11.7 Å². The lowest BCUT2D eigenvalue weighted by Crippen LogP contribution is -2.24. The molecule has 2 aromatic carbocycles. The van der Waals surface area contributed by atoms with E-state index in [0.29, 0.717) is 29.5 Å². The van der Waals surface area contributed by atoms with Crippen LogP contribution in [0.25, 0.3) is 0 Å². The predicted octanol–water partition coefficient (Wildman–Crippen LogP) is 3.40. The molecule has 0 radical (unpaired) electrons. The normalized spacial score (nSPS) is 10.3. The second-order valence-corrected chi connectivity index (χ2v) is 6.41. The van der Waals surface area contributed by atoms with Crippen molar-refractivity contribution >= 4 is 17.7 Å². The maximum Gasteiger partial charge on any atom is 0.230 e. The highest BCUT2D eigenvalue weighted by molar-refractivity contribution is 7.99. The summed E-state index contributed by atoms with van der Waals surface area (Å²) in [6.45, 7) is 0.400. The van der Waals surface area contributed by atoms with Crippen LogP contribution in [0.4, 0.5) is 4.39 Å². The summed E-state index contributed by atoms with van der Waals surface area (Å²) in [4.78, 5) is 12.0. The van der Waals surface area contributed by atoms with Crippen LogP contribution in [0.15, 0.2) is 36.4 Å².